The van der Waals surface area contributed by atoms with E-state index in [1.54, 1.807) is 13.0 Å². The SMILES string of the molecule is COc1ccc(S(=O)(=O)N(C)CC(=O)N/N=C\c2ccc(C(=O)O)cc2)cc1C. The number of aryl methyl sites for hydroxylation is 1. The lowest BCUT2D eigenvalue weighted by molar-refractivity contribution is -0.121. The maximum atomic E-state index is 12.6. The molecule has 0 aliphatic carbocycles. The second-order valence-corrected chi connectivity index (χ2v) is 8.16. The highest BCUT2D eigenvalue weighted by Crippen LogP contribution is 2.23. The van der Waals surface area contributed by atoms with E-state index in [-0.39, 0.29) is 10.5 Å². The van der Waals surface area contributed by atoms with Crippen LogP contribution in [0.3, 0.4) is 0 Å². The molecule has 0 aliphatic heterocycles. The number of ether oxygens (including phenoxy) is 1. The average molecular weight is 419 g/mol. The van der Waals surface area contributed by atoms with Gasteiger partial charge in [-0.2, -0.15) is 9.41 Å². The van der Waals surface area contributed by atoms with Gasteiger partial charge in [0.25, 0.3) is 5.91 Å². The van der Waals surface area contributed by atoms with Crippen LogP contribution in [0.2, 0.25) is 0 Å². The van der Waals surface area contributed by atoms with Gasteiger partial charge in [0.05, 0.1) is 30.3 Å². The lowest BCUT2D eigenvalue weighted by Crippen LogP contribution is -2.36. The van der Waals surface area contributed by atoms with Gasteiger partial charge in [-0.05, 0) is 48.4 Å². The van der Waals surface area contributed by atoms with Crippen LogP contribution in [0, 0.1) is 6.92 Å². The summed E-state index contributed by atoms with van der Waals surface area (Å²) in [6.45, 7) is 1.30. The first-order valence-electron chi connectivity index (χ1n) is 8.41. The molecule has 2 N–H and O–H groups in total. The lowest BCUT2D eigenvalue weighted by atomic mass is 10.1. The van der Waals surface area contributed by atoms with Crippen LogP contribution in [0.25, 0.3) is 0 Å². The van der Waals surface area contributed by atoms with Crippen molar-refractivity contribution in [3.8, 4) is 5.75 Å². The largest absolute Gasteiger partial charge is 0.496 e. The molecule has 0 heterocycles. The summed E-state index contributed by atoms with van der Waals surface area (Å²) in [4.78, 5) is 22.9. The van der Waals surface area contributed by atoms with Gasteiger partial charge in [-0.25, -0.2) is 18.6 Å². The molecule has 154 valence electrons. The zero-order valence-electron chi connectivity index (χ0n) is 16.1. The van der Waals surface area contributed by atoms with E-state index in [9.17, 15) is 18.0 Å². The lowest BCUT2D eigenvalue weighted by Gasteiger charge is -2.17. The van der Waals surface area contributed by atoms with Crippen LogP contribution in [0.4, 0.5) is 0 Å². The molecule has 2 aromatic rings. The molecule has 0 atom stereocenters. The fourth-order valence-corrected chi connectivity index (χ4v) is 3.62. The van der Waals surface area contributed by atoms with Crippen molar-refractivity contribution in [2.75, 3.05) is 20.7 Å². The van der Waals surface area contributed by atoms with Gasteiger partial charge in [-0.15, -0.1) is 0 Å². The molecule has 2 rings (SSSR count). The molecule has 0 saturated carbocycles. The Morgan fingerprint density at radius 3 is 2.41 bits per heavy atom. The van der Waals surface area contributed by atoms with Crippen molar-refractivity contribution in [1.82, 2.24) is 9.73 Å². The van der Waals surface area contributed by atoms with E-state index in [0.29, 0.717) is 16.9 Å². The maximum Gasteiger partial charge on any atom is 0.335 e. The molecule has 2 aromatic carbocycles. The summed E-state index contributed by atoms with van der Waals surface area (Å²) in [5.41, 5.74) is 3.60. The van der Waals surface area contributed by atoms with Gasteiger partial charge in [0.2, 0.25) is 10.0 Å². The molecule has 0 aromatic heterocycles. The van der Waals surface area contributed by atoms with E-state index < -0.39 is 28.4 Å². The number of hydrogen-bond acceptors (Lipinski definition) is 6. The molecular formula is C19H21N3O6S. The summed E-state index contributed by atoms with van der Waals surface area (Å²) in [5, 5.41) is 12.6. The minimum atomic E-state index is -3.86. The van der Waals surface area contributed by atoms with E-state index in [4.69, 9.17) is 9.84 Å². The fraction of sp³-hybridized carbons (Fsp3) is 0.211. The van der Waals surface area contributed by atoms with E-state index >= 15 is 0 Å². The van der Waals surface area contributed by atoms with Gasteiger partial charge in [-0.3, -0.25) is 4.79 Å². The Labute approximate surface area is 168 Å². The number of carboxylic acids is 1. The number of carbonyl (C=O) groups excluding carboxylic acids is 1. The van der Waals surface area contributed by atoms with Crippen molar-refractivity contribution in [2.24, 2.45) is 5.10 Å². The van der Waals surface area contributed by atoms with E-state index in [1.165, 1.54) is 56.8 Å². The standard InChI is InChI=1S/C19H21N3O6S/c1-13-10-16(8-9-17(13)28-3)29(26,27)22(2)12-18(23)21-20-11-14-4-6-15(7-5-14)19(24)25/h4-11H,12H2,1-3H3,(H,21,23)(H,24,25)/b20-11-. The summed E-state index contributed by atoms with van der Waals surface area (Å²) in [7, 11) is -1.07. The smallest absolute Gasteiger partial charge is 0.335 e. The summed E-state index contributed by atoms with van der Waals surface area (Å²) in [6, 6.07) is 10.3. The number of likely N-dealkylation sites (N-methyl/N-ethyl adjacent to an activating group) is 1. The second-order valence-electron chi connectivity index (χ2n) is 6.11. The maximum absolute atomic E-state index is 12.6. The molecule has 0 aliphatic rings. The zero-order valence-corrected chi connectivity index (χ0v) is 16.9. The number of hydrazone groups is 1. The molecular weight excluding hydrogens is 398 g/mol. The number of hydrogen-bond donors (Lipinski definition) is 2. The topological polar surface area (TPSA) is 125 Å². The third-order valence-electron chi connectivity index (χ3n) is 4.00. The van der Waals surface area contributed by atoms with Crippen molar-refractivity contribution in [3.63, 3.8) is 0 Å². The number of rotatable bonds is 8. The monoisotopic (exact) mass is 419 g/mol. The normalized spacial score (nSPS) is 11.6. The molecule has 0 unspecified atom stereocenters. The van der Waals surface area contributed by atoms with Crippen LogP contribution in [0.1, 0.15) is 21.5 Å². The van der Waals surface area contributed by atoms with E-state index in [2.05, 4.69) is 10.5 Å². The first-order chi connectivity index (χ1) is 13.6. The predicted octanol–water partition coefficient (Wildman–Crippen LogP) is 1.47. The highest BCUT2D eigenvalue weighted by Gasteiger charge is 2.23. The number of benzene rings is 2. The van der Waals surface area contributed by atoms with E-state index in [1.807, 2.05) is 0 Å². The Bertz CT molecular complexity index is 1030. The highest BCUT2D eigenvalue weighted by atomic mass is 32.2. The van der Waals surface area contributed by atoms with Crippen LogP contribution in [0.15, 0.2) is 52.5 Å². The number of nitrogens with one attached hydrogen (secondary N) is 1. The van der Waals surface area contributed by atoms with Gasteiger partial charge >= 0.3 is 5.97 Å². The average Bonchev–Trinajstić information content (AvgIpc) is 2.68. The quantitative estimate of drug-likeness (QED) is 0.493. The Kier molecular flexibility index (Phi) is 7.08. The van der Waals surface area contributed by atoms with Gasteiger partial charge < -0.3 is 9.84 Å². The van der Waals surface area contributed by atoms with Gasteiger partial charge in [0.15, 0.2) is 0 Å². The van der Waals surface area contributed by atoms with E-state index in [0.717, 1.165) is 4.31 Å². The zero-order chi connectivity index (χ0) is 21.6. The minimum Gasteiger partial charge on any atom is -0.496 e. The Morgan fingerprint density at radius 2 is 1.86 bits per heavy atom. The molecule has 0 radical (unpaired) electrons. The van der Waals surface area contributed by atoms with Gasteiger partial charge in [0, 0.05) is 7.05 Å². The summed E-state index contributed by atoms with van der Waals surface area (Å²) < 4.78 is 31.3. The molecule has 0 fully saturated rings. The first kappa shape index (κ1) is 22.1. The Balaban J connectivity index is 1.98. The number of amides is 1. The first-order valence-corrected chi connectivity index (χ1v) is 9.85. The molecule has 1 amide bonds. The second kappa shape index (κ2) is 9.30. The minimum absolute atomic E-state index is 0.0492. The third-order valence-corrected chi connectivity index (χ3v) is 5.80. The number of carbonyl (C=O) groups is 2. The number of methoxy groups -OCH3 is 1. The summed E-state index contributed by atoms with van der Waals surface area (Å²) >= 11 is 0. The van der Waals surface area contributed by atoms with Crippen LogP contribution in [-0.2, 0) is 14.8 Å². The Morgan fingerprint density at radius 1 is 1.21 bits per heavy atom. The number of nitrogens with zero attached hydrogens (tertiary/aromatic N) is 2. The predicted molar refractivity (Wildman–Crippen MR) is 107 cm³/mol. The van der Waals surface area contributed by atoms with Gasteiger partial charge in [-0.1, -0.05) is 12.1 Å². The summed E-state index contributed by atoms with van der Waals surface area (Å²) in [5.74, 6) is -1.10. The molecule has 0 saturated heterocycles. The molecule has 0 bridgehead atoms. The van der Waals surface area contributed by atoms with Crippen molar-refractivity contribution in [1.29, 1.82) is 0 Å². The van der Waals surface area contributed by atoms with Crippen LogP contribution in [-0.4, -0.2) is 56.6 Å². The number of aromatic carboxylic acids is 1. The fourth-order valence-electron chi connectivity index (χ4n) is 2.40. The highest BCUT2D eigenvalue weighted by molar-refractivity contribution is 7.89. The number of carboxylic acid groups (broad SMARTS) is 1. The molecule has 9 nitrogen and oxygen atoms in total. The third kappa shape index (κ3) is 5.62. The molecule has 29 heavy (non-hydrogen) atoms. The summed E-state index contributed by atoms with van der Waals surface area (Å²) in [6.07, 6.45) is 1.32. The van der Waals surface area contributed by atoms with Gasteiger partial charge in [0.1, 0.15) is 5.75 Å². The van der Waals surface area contributed by atoms with Crippen LogP contribution >= 0.6 is 0 Å². The molecule has 0 spiro atoms. The van der Waals surface area contributed by atoms with Crippen molar-refractivity contribution in [3.05, 3.63) is 59.2 Å². The molecule has 10 heteroatoms. The Hall–Kier alpha value is -3.24. The van der Waals surface area contributed by atoms with Crippen molar-refractivity contribution < 1.29 is 27.9 Å². The number of sulfonamides is 1. The van der Waals surface area contributed by atoms with Crippen molar-refractivity contribution >= 4 is 28.1 Å². The van der Waals surface area contributed by atoms with Crippen molar-refractivity contribution in [2.45, 2.75) is 11.8 Å². The van der Waals surface area contributed by atoms with Crippen LogP contribution in [0.5, 0.6) is 5.75 Å². The van der Waals surface area contributed by atoms with Crippen LogP contribution < -0.4 is 10.2 Å².